The fourth-order valence-corrected chi connectivity index (χ4v) is 2.50. The molecule has 0 heterocycles. The molecule has 1 aromatic rings. The first kappa shape index (κ1) is 16.5. The van der Waals surface area contributed by atoms with E-state index in [4.69, 9.17) is 0 Å². The molecular formula is C14H22N2O3S. The zero-order valence-electron chi connectivity index (χ0n) is 12.4. The van der Waals surface area contributed by atoms with Crippen molar-refractivity contribution in [1.82, 2.24) is 5.32 Å². The minimum absolute atomic E-state index is 0.0973. The maximum atomic E-state index is 12.1. The van der Waals surface area contributed by atoms with Crippen LogP contribution >= 0.6 is 0 Å². The Morgan fingerprint density at radius 3 is 2.55 bits per heavy atom. The van der Waals surface area contributed by atoms with Crippen LogP contribution in [0.1, 0.15) is 42.6 Å². The maximum absolute atomic E-state index is 12.1. The van der Waals surface area contributed by atoms with Crippen LogP contribution in [0.15, 0.2) is 18.2 Å². The van der Waals surface area contributed by atoms with Crippen molar-refractivity contribution < 1.29 is 13.2 Å². The Hall–Kier alpha value is -1.56. The van der Waals surface area contributed by atoms with Crippen LogP contribution in [0.2, 0.25) is 0 Å². The van der Waals surface area contributed by atoms with Gasteiger partial charge in [0.2, 0.25) is 10.0 Å². The van der Waals surface area contributed by atoms with Crippen molar-refractivity contribution in [3.05, 3.63) is 29.3 Å². The zero-order valence-corrected chi connectivity index (χ0v) is 13.2. The fraction of sp³-hybridized carbons (Fsp3) is 0.500. The maximum Gasteiger partial charge on any atom is 0.251 e. The molecule has 5 nitrogen and oxygen atoms in total. The molecule has 20 heavy (non-hydrogen) atoms. The van der Waals surface area contributed by atoms with E-state index in [9.17, 15) is 13.2 Å². The molecule has 2 N–H and O–H groups in total. The molecule has 0 fully saturated rings. The van der Waals surface area contributed by atoms with Crippen LogP contribution in [0.4, 0.5) is 5.69 Å². The van der Waals surface area contributed by atoms with Crippen LogP contribution in [0.25, 0.3) is 0 Å². The molecule has 0 aliphatic heterocycles. The smallest absolute Gasteiger partial charge is 0.251 e. The summed E-state index contributed by atoms with van der Waals surface area (Å²) in [5, 5.41) is 2.89. The highest BCUT2D eigenvalue weighted by Gasteiger charge is 2.12. The van der Waals surface area contributed by atoms with E-state index in [2.05, 4.69) is 17.0 Å². The summed E-state index contributed by atoms with van der Waals surface area (Å²) in [6.07, 6.45) is 2.99. The van der Waals surface area contributed by atoms with Crippen molar-refractivity contribution in [2.45, 2.75) is 39.7 Å². The Morgan fingerprint density at radius 1 is 1.35 bits per heavy atom. The molecule has 1 rings (SSSR count). The molecule has 0 bridgehead atoms. The van der Waals surface area contributed by atoms with Gasteiger partial charge in [0, 0.05) is 11.6 Å². The van der Waals surface area contributed by atoms with Gasteiger partial charge in [-0.25, -0.2) is 8.42 Å². The molecule has 0 saturated carbocycles. The molecular weight excluding hydrogens is 276 g/mol. The van der Waals surface area contributed by atoms with E-state index in [1.165, 1.54) is 0 Å². The number of hydrogen-bond donors (Lipinski definition) is 2. The summed E-state index contributed by atoms with van der Waals surface area (Å²) in [6, 6.07) is 5.08. The van der Waals surface area contributed by atoms with Crippen LogP contribution in [0, 0.1) is 6.92 Å². The molecule has 1 aromatic carbocycles. The molecule has 0 saturated heterocycles. The summed E-state index contributed by atoms with van der Waals surface area (Å²) in [5.41, 5.74) is 1.65. The molecule has 1 amide bonds. The predicted octanol–water partition coefficient (Wildman–Crippen LogP) is 2.28. The highest BCUT2D eigenvalue weighted by molar-refractivity contribution is 7.92. The SMILES string of the molecule is CCC[C@H](C)NC(=O)c1ccc(C)c(NS(C)(=O)=O)c1. The van der Waals surface area contributed by atoms with Gasteiger partial charge in [-0.2, -0.15) is 0 Å². The molecule has 0 radical (unpaired) electrons. The summed E-state index contributed by atoms with van der Waals surface area (Å²) in [5.74, 6) is -0.192. The Bertz CT molecular complexity index is 582. The highest BCUT2D eigenvalue weighted by atomic mass is 32.2. The number of anilines is 1. The third-order valence-electron chi connectivity index (χ3n) is 2.89. The van der Waals surface area contributed by atoms with E-state index in [1.54, 1.807) is 25.1 Å². The molecule has 0 aliphatic carbocycles. The Balaban J connectivity index is 2.92. The van der Waals surface area contributed by atoms with Gasteiger partial charge in [0.1, 0.15) is 0 Å². The second kappa shape index (κ2) is 6.74. The minimum Gasteiger partial charge on any atom is -0.350 e. The lowest BCUT2D eigenvalue weighted by Gasteiger charge is -2.14. The second-order valence-electron chi connectivity index (χ2n) is 5.07. The number of carbonyl (C=O) groups is 1. The lowest BCUT2D eigenvalue weighted by Crippen LogP contribution is -2.32. The zero-order chi connectivity index (χ0) is 15.3. The Kier molecular flexibility index (Phi) is 5.56. The van der Waals surface area contributed by atoms with E-state index in [-0.39, 0.29) is 11.9 Å². The van der Waals surface area contributed by atoms with E-state index in [1.807, 2.05) is 6.92 Å². The van der Waals surface area contributed by atoms with Gasteiger partial charge >= 0.3 is 0 Å². The molecule has 112 valence electrons. The third-order valence-corrected chi connectivity index (χ3v) is 3.48. The summed E-state index contributed by atoms with van der Waals surface area (Å²) in [7, 11) is -3.36. The quantitative estimate of drug-likeness (QED) is 0.846. The van der Waals surface area contributed by atoms with Crippen LogP contribution < -0.4 is 10.0 Å². The standard InChI is InChI=1S/C14H22N2O3S/c1-5-6-11(3)15-14(17)12-8-7-10(2)13(9-12)16-20(4,18)19/h7-9,11,16H,5-6H2,1-4H3,(H,15,17)/t11-/m0/s1. The van der Waals surface area contributed by atoms with Crippen LogP contribution in [0.5, 0.6) is 0 Å². The normalized spacial score (nSPS) is 12.8. The Labute approximate surface area is 120 Å². The average Bonchev–Trinajstić information content (AvgIpc) is 2.30. The number of rotatable bonds is 6. The molecule has 6 heteroatoms. The number of sulfonamides is 1. The van der Waals surface area contributed by atoms with Crippen LogP contribution in [-0.4, -0.2) is 26.6 Å². The summed E-state index contributed by atoms with van der Waals surface area (Å²) < 4.78 is 25.0. The molecule has 0 spiro atoms. The van der Waals surface area contributed by atoms with Gasteiger partial charge in [0.25, 0.3) is 5.91 Å². The van der Waals surface area contributed by atoms with E-state index < -0.39 is 10.0 Å². The topological polar surface area (TPSA) is 75.3 Å². The van der Waals surface area contributed by atoms with Gasteiger partial charge < -0.3 is 5.32 Å². The van der Waals surface area contributed by atoms with Gasteiger partial charge in [-0.3, -0.25) is 9.52 Å². The minimum atomic E-state index is -3.36. The molecule has 1 atom stereocenters. The Morgan fingerprint density at radius 2 is 2.00 bits per heavy atom. The largest absolute Gasteiger partial charge is 0.350 e. The molecule has 0 unspecified atom stereocenters. The number of amides is 1. The van der Waals surface area contributed by atoms with Crippen molar-refractivity contribution in [1.29, 1.82) is 0 Å². The van der Waals surface area contributed by atoms with Gasteiger partial charge in [0.05, 0.1) is 11.9 Å². The lowest BCUT2D eigenvalue weighted by molar-refractivity contribution is 0.0938. The first-order valence-electron chi connectivity index (χ1n) is 6.62. The molecule has 0 aromatic heterocycles. The van der Waals surface area contributed by atoms with Crippen molar-refractivity contribution in [3.8, 4) is 0 Å². The number of carbonyl (C=O) groups excluding carboxylic acids is 1. The van der Waals surface area contributed by atoms with E-state index in [0.29, 0.717) is 11.3 Å². The number of nitrogens with one attached hydrogen (secondary N) is 2. The van der Waals surface area contributed by atoms with E-state index >= 15 is 0 Å². The third kappa shape index (κ3) is 5.21. The first-order chi connectivity index (χ1) is 9.23. The number of benzene rings is 1. The van der Waals surface area contributed by atoms with Crippen molar-refractivity contribution in [3.63, 3.8) is 0 Å². The van der Waals surface area contributed by atoms with Crippen molar-refractivity contribution in [2.75, 3.05) is 11.0 Å². The predicted molar refractivity (Wildman–Crippen MR) is 81.5 cm³/mol. The fourth-order valence-electron chi connectivity index (χ4n) is 1.89. The average molecular weight is 298 g/mol. The summed E-state index contributed by atoms with van der Waals surface area (Å²) in [6.45, 7) is 5.79. The van der Waals surface area contributed by atoms with Crippen LogP contribution in [0.3, 0.4) is 0 Å². The lowest BCUT2D eigenvalue weighted by atomic mass is 10.1. The van der Waals surface area contributed by atoms with Gasteiger partial charge in [-0.05, 0) is 38.0 Å². The summed E-state index contributed by atoms with van der Waals surface area (Å²) >= 11 is 0. The monoisotopic (exact) mass is 298 g/mol. The van der Waals surface area contributed by atoms with Gasteiger partial charge in [0.15, 0.2) is 0 Å². The summed E-state index contributed by atoms with van der Waals surface area (Å²) in [4.78, 5) is 12.1. The molecule has 0 aliphatic rings. The van der Waals surface area contributed by atoms with Crippen molar-refractivity contribution >= 4 is 21.6 Å². The van der Waals surface area contributed by atoms with Crippen molar-refractivity contribution in [2.24, 2.45) is 0 Å². The highest BCUT2D eigenvalue weighted by Crippen LogP contribution is 2.18. The van der Waals surface area contributed by atoms with Gasteiger partial charge in [-0.1, -0.05) is 19.4 Å². The number of aryl methyl sites for hydroxylation is 1. The van der Waals surface area contributed by atoms with E-state index in [0.717, 1.165) is 24.7 Å². The first-order valence-corrected chi connectivity index (χ1v) is 8.51. The number of hydrogen-bond acceptors (Lipinski definition) is 3. The second-order valence-corrected chi connectivity index (χ2v) is 6.82. The van der Waals surface area contributed by atoms with Gasteiger partial charge in [-0.15, -0.1) is 0 Å². The van der Waals surface area contributed by atoms with Crippen LogP contribution in [-0.2, 0) is 10.0 Å².